The number of aromatic nitrogens is 6. The van der Waals surface area contributed by atoms with Crippen LogP contribution in [-0.4, -0.2) is 90.7 Å². The number of hydrogen-bond acceptors (Lipinski definition) is 10. The molecule has 0 aliphatic carbocycles. The zero-order valence-electron chi connectivity index (χ0n) is 19.2. The van der Waals surface area contributed by atoms with Gasteiger partial charge in [0.05, 0.1) is 30.7 Å². The van der Waals surface area contributed by atoms with Crippen LogP contribution in [0.15, 0.2) is 30.9 Å². The van der Waals surface area contributed by atoms with Crippen molar-refractivity contribution >= 4 is 11.9 Å². The SMILES string of the molecule is Cc1c(C2CN3CCN(C(=O)Cc4cnc(-n5cnnn5)nc4)CC3CO2)ccc2c1COC2=O. The number of amides is 1. The molecule has 2 saturated heterocycles. The predicted octanol–water partition coefficient (Wildman–Crippen LogP) is 0.258. The summed E-state index contributed by atoms with van der Waals surface area (Å²) in [6, 6.07) is 3.98. The van der Waals surface area contributed by atoms with Crippen molar-refractivity contribution in [1.82, 2.24) is 40.0 Å². The normalized spacial score (nSPS) is 22.0. The van der Waals surface area contributed by atoms with Gasteiger partial charge in [0.25, 0.3) is 5.95 Å². The molecule has 180 valence electrons. The van der Waals surface area contributed by atoms with E-state index in [0.29, 0.717) is 37.8 Å². The number of nitrogens with zero attached hydrogens (tertiary/aromatic N) is 8. The first-order valence-electron chi connectivity index (χ1n) is 11.5. The van der Waals surface area contributed by atoms with Gasteiger partial charge in [-0.25, -0.2) is 14.8 Å². The van der Waals surface area contributed by atoms with E-state index in [1.165, 1.54) is 11.0 Å². The molecule has 35 heavy (non-hydrogen) atoms. The lowest BCUT2D eigenvalue weighted by Crippen LogP contribution is -2.59. The van der Waals surface area contributed by atoms with Gasteiger partial charge < -0.3 is 14.4 Å². The number of piperazine rings is 1. The number of carbonyl (C=O) groups is 2. The molecule has 2 aromatic heterocycles. The monoisotopic (exact) mass is 476 g/mol. The predicted molar refractivity (Wildman–Crippen MR) is 119 cm³/mol. The van der Waals surface area contributed by atoms with E-state index in [2.05, 4.69) is 30.4 Å². The Bertz CT molecular complexity index is 1260. The molecule has 2 atom stereocenters. The molecule has 0 saturated carbocycles. The Morgan fingerprint density at radius 1 is 1.17 bits per heavy atom. The van der Waals surface area contributed by atoms with Gasteiger partial charge in [0.2, 0.25) is 5.91 Å². The molecule has 6 rings (SSSR count). The minimum atomic E-state index is -0.255. The number of ether oxygens (including phenoxy) is 2. The fraction of sp³-hybridized carbons (Fsp3) is 0.435. The van der Waals surface area contributed by atoms with Gasteiger partial charge in [-0.1, -0.05) is 6.07 Å². The number of esters is 1. The molecule has 0 bridgehead atoms. The van der Waals surface area contributed by atoms with Crippen LogP contribution in [0.4, 0.5) is 0 Å². The Morgan fingerprint density at radius 2 is 2.03 bits per heavy atom. The van der Waals surface area contributed by atoms with Crippen molar-refractivity contribution in [1.29, 1.82) is 0 Å². The number of benzene rings is 1. The maximum Gasteiger partial charge on any atom is 0.338 e. The average molecular weight is 476 g/mol. The van der Waals surface area contributed by atoms with Crippen molar-refractivity contribution < 1.29 is 19.1 Å². The molecule has 2 unspecified atom stereocenters. The molecule has 3 aromatic rings. The Balaban J connectivity index is 1.07. The second-order valence-electron chi connectivity index (χ2n) is 9.02. The van der Waals surface area contributed by atoms with E-state index in [9.17, 15) is 9.59 Å². The minimum absolute atomic E-state index is 0.0460. The molecule has 0 N–H and O–H groups in total. The lowest BCUT2D eigenvalue weighted by Gasteiger charge is -2.46. The third-order valence-electron chi connectivity index (χ3n) is 7.00. The van der Waals surface area contributed by atoms with Crippen molar-refractivity contribution in [2.75, 3.05) is 32.8 Å². The summed E-state index contributed by atoms with van der Waals surface area (Å²) < 4.78 is 12.8. The summed E-state index contributed by atoms with van der Waals surface area (Å²) in [6.07, 6.45) is 4.84. The Labute approximate surface area is 200 Å². The van der Waals surface area contributed by atoms with E-state index in [0.717, 1.165) is 35.3 Å². The smallest absolute Gasteiger partial charge is 0.338 e. The van der Waals surface area contributed by atoms with Crippen molar-refractivity contribution in [3.8, 4) is 5.95 Å². The summed E-state index contributed by atoms with van der Waals surface area (Å²) in [4.78, 5) is 37.6. The molecular formula is C23H24N8O4. The fourth-order valence-corrected chi connectivity index (χ4v) is 5.01. The van der Waals surface area contributed by atoms with Crippen LogP contribution in [0.2, 0.25) is 0 Å². The summed E-state index contributed by atoms with van der Waals surface area (Å²) in [5.41, 5.74) is 4.53. The molecule has 5 heterocycles. The maximum atomic E-state index is 13.0. The lowest BCUT2D eigenvalue weighted by molar-refractivity contribution is -0.139. The zero-order valence-corrected chi connectivity index (χ0v) is 19.2. The van der Waals surface area contributed by atoms with Crippen LogP contribution in [0.1, 0.15) is 38.7 Å². The van der Waals surface area contributed by atoms with Crippen LogP contribution in [-0.2, 0) is 27.3 Å². The first kappa shape index (κ1) is 21.7. The molecule has 1 aromatic carbocycles. The van der Waals surface area contributed by atoms with Gasteiger partial charge >= 0.3 is 5.97 Å². The van der Waals surface area contributed by atoms with Gasteiger partial charge in [-0.3, -0.25) is 9.69 Å². The van der Waals surface area contributed by atoms with Crippen LogP contribution >= 0.6 is 0 Å². The molecule has 0 spiro atoms. The van der Waals surface area contributed by atoms with Gasteiger partial charge in [0.15, 0.2) is 0 Å². The highest BCUT2D eigenvalue weighted by Crippen LogP contribution is 2.33. The molecular weight excluding hydrogens is 452 g/mol. The van der Waals surface area contributed by atoms with Gasteiger partial charge in [-0.15, -0.1) is 5.10 Å². The number of fused-ring (bicyclic) bond motifs is 2. The van der Waals surface area contributed by atoms with E-state index in [4.69, 9.17) is 9.47 Å². The van der Waals surface area contributed by atoms with Crippen LogP contribution in [0.5, 0.6) is 0 Å². The summed E-state index contributed by atoms with van der Waals surface area (Å²) in [5, 5.41) is 10.9. The number of cyclic esters (lactones) is 1. The average Bonchev–Trinajstić information content (AvgIpc) is 3.55. The van der Waals surface area contributed by atoms with Crippen molar-refractivity contribution in [3.05, 3.63) is 58.7 Å². The van der Waals surface area contributed by atoms with E-state index in [1.54, 1.807) is 12.4 Å². The summed E-state index contributed by atoms with van der Waals surface area (Å²) in [5.74, 6) is 0.145. The molecule has 12 nitrogen and oxygen atoms in total. The highest BCUT2D eigenvalue weighted by molar-refractivity contribution is 5.94. The maximum absolute atomic E-state index is 13.0. The van der Waals surface area contributed by atoms with Gasteiger partial charge in [0.1, 0.15) is 12.9 Å². The highest BCUT2D eigenvalue weighted by Gasteiger charge is 2.36. The Hall–Kier alpha value is -3.77. The van der Waals surface area contributed by atoms with Crippen molar-refractivity contribution in [3.63, 3.8) is 0 Å². The summed E-state index contributed by atoms with van der Waals surface area (Å²) in [6.45, 7) is 5.74. The van der Waals surface area contributed by atoms with Crippen LogP contribution < -0.4 is 0 Å². The Morgan fingerprint density at radius 3 is 2.83 bits per heavy atom. The van der Waals surface area contributed by atoms with E-state index >= 15 is 0 Å². The number of hydrogen-bond donors (Lipinski definition) is 0. The van der Waals surface area contributed by atoms with Gasteiger partial charge in [-0.2, -0.15) is 4.68 Å². The van der Waals surface area contributed by atoms with Crippen molar-refractivity contribution in [2.24, 2.45) is 0 Å². The quantitative estimate of drug-likeness (QED) is 0.484. The zero-order chi connectivity index (χ0) is 23.9. The van der Waals surface area contributed by atoms with Crippen LogP contribution in [0, 0.1) is 6.92 Å². The van der Waals surface area contributed by atoms with E-state index < -0.39 is 0 Å². The van der Waals surface area contributed by atoms with E-state index in [-0.39, 0.29) is 30.4 Å². The van der Waals surface area contributed by atoms with Crippen molar-refractivity contribution in [2.45, 2.75) is 32.1 Å². The molecule has 0 radical (unpaired) electrons. The summed E-state index contributed by atoms with van der Waals surface area (Å²) in [7, 11) is 0. The molecule has 3 aliphatic heterocycles. The third kappa shape index (κ3) is 4.04. The molecule has 12 heteroatoms. The molecule has 1 amide bonds. The fourth-order valence-electron chi connectivity index (χ4n) is 5.01. The minimum Gasteiger partial charge on any atom is -0.457 e. The van der Waals surface area contributed by atoms with Gasteiger partial charge in [0, 0.05) is 44.1 Å². The molecule has 3 aliphatic rings. The number of carbonyl (C=O) groups excluding carboxylic acids is 2. The number of tetrazole rings is 1. The Kier molecular flexibility index (Phi) is 5.46. The second-order valence-corrected chi connectivity index (χ2v) is 9.02. The standard InChI is InChI=1S/C23H24N8O4/c1-14-17(2-3-18-19(14)12-35-22(18)33)20-10-29-4-5-30(9-16(29)11-34-20)21(32)6-15-7-24-23(25-8-15)31-13-26-27-28-31/h2-3,7-8,13,16,20H,4-6,9-12H2,1H3. The number of rotatable bonds is 4. The molecule has 2 fully saturated rings. The third-order valence-corrected chi connectivity index (χ3v) is 7.00. The number of morpholine rings is 1. The van der Waals surface area contributed by atoms with E-state index in [1.807, 2.05) is 24.0 Å². The topological polar surface area (TPSA) is 128 Å². The van der Waals surface area contributed by atoms with Crippen LogP contribution in [0.25, 0.3) is 5.95 Å². The second kappa shape index (κ2) is 8.78. The van der Waals surface area contributed by atoms with Crippen LogP contribution in [0.3, 0.4) is 0 Å². The first-order valence-corrected chi connectivity index (χ1v) is 11.5. The summed E-state index contributed by atoms with van der Waals surface area (Å²) >= 11 is 0. The van der Waals surface area contributed by atoms with Gasteiger partial charge in [-0.05, 0) is 40.1 Å². The largest absolute Gasteiger partial charge is 0.457 e. The highest BCUT2D eigenvalue weighted by atomic mass is 16.5. The first-order chi connectivity index (χ1) is 17.1. The lowest BCUT2D eigenvalue weighted by atomic mass is 9.94.